The van der Waals surface area contributed by atoms with Crippen LogP contribution in [0.3, 0.4) is 0 Å². The monoisotopic (exact) mass is 410 g/mol. The van der Waals surface area contributed by atoms with E-state index >= 15 is 0 Å². The number of rotatable bonds is 9. The van der Waals surface area contributed by atoms with Crippen LogP contribution in [0.15, 0.2) is 24.3 Å². The zero-order valence-corrected chi connectivity index (χ0v) is 18.2. The van der Waals surface area contributed by atoms with E-state index in [4.69, 9.17) is 0 Å². The predicted octanol–water partition coefficient (Wildman–Crippen LogP) is 2.85. The third-order valence-electron chi connectivity index (χ3n) is 5.34. The highest BCUT2D eigenvalue weighted by molar-refractivity contribution is 5.96. The molecule has 0 unspecified atom stereocenters. The van der Waals surface area contributed by atoms with E-state index in [-0.39, 0.29) is 24.2 Å². The summed E-state index contributed by atoms with van der Waals surface area (Å²) in [5, 5.41) is 6.15. The van der Waals surface area contributed by atoms with E-state index in [0.717, 1.165) is 44.1 Å². The largest absolute Gasteiger partial charge is 0.339 e. The molecular formula is C21H35ClN4O2. The SMILES string of the molecule is CCN(CC)C(=O)c1ccc(NC(=O)CN2CCC(CCNC)CC2)cc1.Cl. The van der Waals surface area contributed by atoms with Crippen LogP contribution in [-0.2, 0) is 4.79 Å². The minimum absolute atomic E-state index is 0. The normalized spacial score (nSPS) is 15.0. The number of halogens is 1. The predicted molar refractivity (Wildman–Crippen MR) is 117 cm³/mol. The zero-order chi connectivity index (χ0) is 19.6. The Morgan fingerprint density at radius 3 is 2.25 bits per heavy atom. The number of carbonyl (C=O) groups is 2. The summed E-state index contributed by atoms with van der Waals surface area (Å²) >= 11 is 0. The summed E-state index contributed by atoms with van der Waals surface area (Å²) < 4.78 is 0. The van der Waals surface area contributed by atoms with Crippen LogP contribution in [0.25, 0.3) is 0 Å². The van der Waals surface area contributed by atoms with Crippen LogP contribution in [0, 0.1) is 5.92 Å². The molecule has 0 bridgehead atoms. The van der Waals surface area contributed by atoms with Gasteiger partial charge in [0.25, 0.3) is 5.91 Å². The molecule has 7 heteroatoms. The maximum Gasteiger partial charge on any atom is 0.253 e. The highest BCUT2D eigenvalue weighted by Gasteiger charge is 2.20. The van der Waals surface area contributed by atoms with Gasteiger partial charge in [-0.25, -0.2) is 0 Å². The van der Waals surface area contributed by atoms with E-state index in [2.05, 4.69) is 15.5 Å². The van der Waals surface area contributed by atoms with Crippen LogP contribution in [0.4, 0.5) is 5.69 Å². The van der Waals surface area contributed by atoms with Gasteiger partial charge in [0.15, 0.2) is 0 Å². The molecule has 28 heavy (non-hydrogen) atoms. The van der Waals surface area contributed by atoms with Gasteiger partial charge in [0.1, 0.15) is 0 Å². The number of piperidine rings is 1. The summed E-state index contributed by atoms with van der Waals surface area (Å²) in [5.74, 6) is 0.804. The summed E-state index contributed by atoms with van der Waals surface area (Å²) in [6.45, 7) is 8.80. The summed E-state index contributed by atoms with van der Waals surface area (Å²) in [6, 6.07) is 7.17. The lowest BCUT2D eigenvalue weighted by Crippen LogP contribution is -2.39. The Morgan fingerprint density at radius 1 is 1.11 bits per heavy atom. The van der Waals surface area contributed by atoms with Crippen LogP contribution >= 0.6 is 12.4 Å². The van der Waals surface area contributed by atoms with Crippen molar-refractivity contribution in [2.24, 2.45) is 5.92 Å². The molecule has 2 amide bonds. The summed E-state index contributed by atoms with van der Waals surface area (Å²) in [7, 11) is 1.99. The molecule has 0 saturated carbocycles. The van der Waals surface area contributed by atoms with Gasteiger partial charge < -0.3 is 15.5 Å². The second kappa shape index (κ2) is 12.8. The summed E-state index contributed by atoms with van der Waals surface area (Å²) in [5.41, 5.74) is 1.39. The van der Waals surface area contributed by atoms with Gasteiger partial charge >= 0.3 is 0 Å². The molecule has 1 saturated heterocycles. The number of carbonyl (C=O) groups excluding carboxylic acids is 2. The maximum absolute atomic E-state index is 12.3. The minimum atomic E-state index is 0. The van der Waals surface area contributed by atoms with Gasteiger partial charge in [-0.05, 0) is 90.0 Å². The average molecular weight is 411 g/mol. The summed E-state index contributed by atoms with van der Waals surface area (Å²) in [4.78, 5) is 28.7. The van der Waals surface area contributed by atoms with E-state index in [1.54, 1.807) is 29.2 Å². The number of hydrogen-bond donors (Lipinski definition) is 2. The van der Waals surface area contributed by atoms with Crippen molar-refractivity contribution in [3.63, 3.8) is 0 Å². The Labute approximate surface area is 175 Å². The number of nitrogens with one attached hydrogen (secondary N) is 2. The third-order valence-corrected chi connectivity index (χ3v) is 5.34. The lowest BCUT2D eigenvalue weighted by molar-refractivity contribution is -0.117. The number of amides is 2. The molecule has 1 aromatic rings. The van der Waals surface area contributed by atoms with Gasteiger partial charge in [0.05, 0.1) is 6.54 Å². The molecule has 0 aliphatic carbocycles. The molecule has 2 rings (SSSR count). The van der Waals surface area contributed by atoms with Gasteiger partial charge in [0.2, 0.25) is 5.91 Å². The van der Waals surface area contributed by atoms with Crippen LogP contribution in [0.5, 0.6) is 0 Å². The van der Waals surface area contributed by atoms with Crippen LogP contribution in [-0.4, -0.2) is 67.9 Å². The van der Waals surface area contributed by atoms with Crippen molar-refractivity contribution in [3.8, 4) is 0 Å². The Morgan fingerprint density at radius 2 is 1.71 bits per heavy atom. The molecule has 1 aliphatic heterocycles. The molecule has 1 aromatic carbocycles. The molecule has 0 aromatic heterocycles. The number of likely N-dealkylation sites (tertiary alicyclic amines) is 1. The molecule has 6 nitrogen and oxygen atoms in total. The molecule has 0 atom stereocenters. The molecule has 0 spiro atoms. The standard InChI is InChI=1S/C21H34N4O2.ClH/c1-4-25(5-2)21(27)18-6-8-19(9-7-18)23-20(26)16-24-14-11-17(12-15-24)10-13-22-3;/h6-9,17,22H,4-5,10-16H2,1-3H3,(H,23,26);1H. The Kier molecular flexibility index (Phi) is 11.1. The van der Waals surface area contributed by atoms with Gasteiger partial charge in [-0.3, -0.25) is 14.5 Å². The van der Waals surface area contributed by atoms with Crippen molar-refractivity contribution in [2.45, 2.75) is 33.1 Å². The lowest BCUT2D eigenvalue weighted by atomic mass is 9.93. The van der Waals surface area contributed by atoms with Gasteiger partial charge in [0, 0.05) is 24.3 Å². The Balaban J connectivity index is 0.00000392. The summed E-state index contributed by atoms with van der Waals surface area (Å²) in [6.07, 6.45) is 3.54. The first kappa shape index (κ1) is 24.4. The van der Waals surface area contributed by atoms with Gasteiger partial charge in [-0.1, -0.05) is 0 Å². The fourth-order valence-electron chi connectivity index (χ4n) is 3.57. The van der Waals surface area contributed by atoms with Crippen molar-refractivity contribution in [1.29, 1.82) is 0 Å². The molecule has 1 aliphatic rings. The highest BCUT2D eigenvalue weighted by Crippen LogP contribution is 2.20. The Hall–Kier alpha value is -1.63. The maximum atomic E-state index is 12.3. The Bertz CT molecular complexity index is 597. The quantitative estimate of drug-likeness (QED) is 0.657. The molecule has 0 radical (unpaired) electrons. The van der Waals surface area contributed by atoms with Crippen molar-refractivity contribution in [1.82, 2.24) is 15.1 Å². The van der Waals surface area contributed by atoms with Gasteiger partial charge in [-0.15, -0.1) is 12.4 Å². The third kappa shape index (κ3) is 7.41. The van der Waals surface area contributed by atoms with E-state index in [1.165, 1.54) is 6.42 Å². The fourth-order valence-corrected chi connectivity index (χ4v) is 3.57. The average Bonchev–Trinajstić information content (AvgIpc) is 2.69. The second-order valence-corrected chi connectivity index (χ2v) is 7.21. The fraction of sp³-hybridized carbons (Fsp3) is 0.619. The number of benzene rings is 1. The minimum Gasteiger partial charge on any atom is -0.339 e. The first-order chi connectivity index (χ1) is 13.1. The van der Waals surface area contributed by atoms with Crippen LogP contribution < -0.4 is 10.6 Å². The lowest BCUT2D eigenvalue weighted by Gasteiger charge is -2.31. The van der Waals surface area contributed by atoms with E-state index in [9.17, 15) is 9.59 Å². The molecule has 1 fully saturated rings. The molecule has 2 N–H and O–H groups in total. The van der Waals surface area contributed by atoms with Crippen LogP contribution in [0.2, 0.25) is 0 Å². The smallest absolute Gasteiger partial charge is 0.253 e. The number of hydrogen-bond acceptors (Lipinski definition) is 4. The molecular weight excluding hydrogens is 376 g/mol. The van der Waals surface area contributed by atoms with Crippen molar-refractivity contribution < 1.29 is 9.59 Å². The molecule has 158 valence electrons. The first-order valence-corrected chi connectivity index (χ1v) is 10.1. The van der Waals surface area contributed by atoms with Crippen molar-refractivity contribution >= 4 is 29.9 Å². The zero-order valence-electron chi connectivity index (χ0n) is 17.4. The second-order valence-electron chi connectivity index (χ2n) is 7.21. The van der Waals surface area contributed by atoms with Gasteiger partial charge in [-0.2, -0.15) is 0 Å². The number of nitrogens with zero attached hydrogens (tertiary/aromatic N) is 2. The van der Waals surface area contributed by atoms with E-state index in [0.29, 0.717) is 25.2 Å². The van der Waals surface area contributed by atoms with Crippen LogP contribution in [0.1, 0.15) is 43.5 Å². The van der Waals surface area contributed by atoms with E-state index in [1.807, 2.05) is 20.9 Å². The number of anilines is 1. The van der Waals surface area contributed by atoms with E-state index < -0.39 is 0 Å². The van der Waals surface area contributed by atoms with Crippen molar-refractivity contribution in [2.75, 3.05) is 51.6 Å². The topological polar surface area (TPSA) is 64.7 Å². The molecule has 1 heterocycles. The van der Waals surface area contributed by atoms with Crippen molar-refractivity contribution in [3.05, 3.63) is 29.8 Å². The first-order valence-electron chi connectivity index (χ1n) is 10.1. The highest BCUT2D eigenvalue weighted by atomic mass is 35.5.